The maximum Gasteiger partial charge on any atom is 0.257 e. The topological polar surface area (TPSA) is 54.5 Å². The summed E-state index contributed by atoms with van der Waals surface area (Å²) in [6, 6.07) is 24.1. The number of nitrogens with one attached hydrogen (secondary N) is 1. The van der Waals surface area contributed by atoms with E-state index in [4.69, 9.17) is 4.74 Å². The molecule has 166 valence electrons. The molecule has 3 aromatic carbocycles. The van der Waals surface area contributed by atoms with Crippen LogP contribution in [-0.2, 0) is 19.5 Å². The lowest BCUT2D eigenvalue weighted by Gasteiger charge is -2.28. The zero-order valence-electron chi connectivity index (χ0n) is 18.5. The average molecular weight is 456 g/mol. The van der Waals surface area contributed by atoms with Crippen molar-refractivity contribution < 1.29 is 9.53 Å². The van der Waals surface area contributed by atoms with Gasteiger partial charge in [0.05, 0.1) is 12.8 Å². The van der Waals surface area contributed by atoms with E-state index in [9.17, 15) is 4.79 Å². The van der Waals surface area contributed by atoms with E-state index in [0.717, 1.165) is 48.6 Å². The minimum Gasteiger partial charge on any atom is -0.497 e. The molecule has 0 saturated carbocycles. The average Bonchev–Trinajstić information content (AvgIpc) is 3.30. The van der Waals surface area contributed by atoms with E-state index < -0.39 is 0 Å². The zero-order valence-corrected chi connectivity index (χ0v) is 19.3. The number of hydrogen-bond acceptors (Lipinski definition) is 5. The predicted molar refractivity (Wildman–Crippen MR) is 133 cm³/mol. The van der Waals surface area contributed by atoms with Gasteiger partial charge in [-0.2, -0.15) is 0 Å². The first-order valence-corrected chi connectivity index (χ1v) is 11.9. The van der Waals surface area contributed by atoms with E-state index in [2.05, 4.69) is 39.5 Å². The van der Waals surface area contributed by atoms with Crippen LogP contribution in [0.25, 0.3) is 11.1 Å². The largest absolute Gasteiger partial charge is 0.497 e. The lowest BCUT2D eigenvalue weighted by atomic mass is 9.99. The summed E-state index contributed by atoms with van der Waals surface area (Å²) in [4.78, 5) is 19.7. The van der Waals surface area contributed by atoms with Crippen LogP contribution in [0.2, 0.25) is 0 Å². The molecule has 1 N–H and O–H groups in total. The van der Waals surface area contributed by atoms with Gasteiger partial charge in [0, 0.05) is 30.6 Å². The lowest BCUT2D eigenvalue weighted by molar-refractivity contribution is 0.102. The van der Waals surface area contributed by atoms with Crippen LogP contribution in [-0.4, -0.2) is 29.4 Å². The van der Waals surface area contributed by atoms with Crippen LogP contribution in [0.5, 0.6) is 5.75 Å². The van der Waals surface area contributed by atoms with Crippen molar-refractivity contribution in [3.8, 4) is 16.9 Å². The van der Waals surface area contributed by atoms with Crippen LogP contribution in [0.1, 0.15) is 27.2 Å². The van der Waals surface area contributed by atoms with Gasteiger partial charge < -0.3 is 4.74 Å². The summed E-state index contributed by atoms with van der Waals surface area (Å²) in [5, 5.41) is 5.59. The summed E-state index contributed by atoms with van der Waals surface area (Å²) in [5.41, 5.74) is 6.51. The Hall–Kier alpha value is -3.48. The Morgan fingerprint density at radius 1 is 1.03 bits per heavy atom. The van der Waals surface area contributed by atoms with Crippen molar-refractivity contribution in [1.82, 2.24) is 9.88 Å². The normalized spacial score (nSPS) is 13.4. The summed E-state index contributed by atoms with van der Waals surface area (Å²) in [6.07, 6.45) is 0.999. The number of thiazole rings is 1. The first-order chi connectivity index (χ1) is 16.2. The molecule has 2 heterocycles. The number of aromatic nitrogens is 1. The number of carbonyl (C=O) groups is 1. The number of methoxy groups -OCH3 is 1. The molecule has 0 aliphatic carbocycles. The fourth-order valence-electron chi connectivity index (χ4n) is 4.13. The molecule has 5 nitrogen and oxygen atoms in total. The predicted octanol–water partition coefficient (Wildman–Crippen LogP) is 5.63. The Labute approximate surface area is 197 Å². The number of hydrogen-bond donors (Lipinski definition) is 1. The first-order valence-electron chi connectivity index (χ1n) is 11.0. The van der Waals surface area contributed by atoms with Crippen LogP contribution < -0.4 is 10.1 Å². The van der Waals surface area contributed by atoms with Gasteiger partial charge in [-0.15, -0.1) is 11.3 Å². The summed E-state index contributed by atoms with van der Waals surface area (Å²) in [5.74, 6) is 0.771. The highest BCUT2D eigenvalue weighted by atomic mass is 32.1. The number of anilines is 1. The number of fused-ring (bicyclic) bond motifs is 1. The Kier molecular flexibility index (Phi) is 6.19. The van der Waals surface area contributed by atoms with Gasteiger partial charge in [-0.05, 0) is 52.9 Å². The minimum absolute atomic E-state index is 0.142. The monoisotopic (exact) mass is 455 g/mol. The van der Waals surface area contributed by atoms with Crippen molar-refractivity contribution in [2.75, 3.05) is 19.0 Å². The molecule has 0 fully saturated rings. The van der Waals surface area contributed by atoms with Crippen molar-refractivity contribution in [2.24, 2.45) is 0 Å². The van der Waals surface area contributed by atoms with Gasteiger partial charge in [-0.1, -0.05) is 48.5 Å². The van der Waals surface area contributed by atoms with E-state index in [1.807, 2.05) is 53.9 Å². The van der Waals surface area contributed by atoms with Crippen LogP contribution >= 0.6 is 11.3 Å². The second-order valence-electron chi connectivity index (χ2n) is 8.14. The van der Waals surface area contributed by atoms with Gasteiger partial charge in [-0.3, -0.25) is 15.0 Å². The molecule has 4 aromatic rings. The molecule has 33 heavy (non-hydrogen) atoms. The quantitative estimate of drug-likeness (QED) is 0.409. The van der Waals surface area contributed by atoms with Gasteiger partial charge in [-0.25, -0.2) is 4.98 Å². The number of benzene rings is 3. The summed E-state index contributed by atoms with van der Waals surface area (Å²) in [7, 11) is 1.70. The molecule has 0 bridgehead atoms. The smallest absolute Gasteiger partial charge is 0.257 e. The molecule has 1 aliphatic heterocycles. The molecule has 6 heteroatoms. The van der Waals surface area contributed by atoms with Gasteiger partial charge in [0.1, 0.15) is 5.75 Å². The first kappa shape index (κ1) is 21.4. The second kappa shape index (κ2) is 9.57. The van der Waals surface area contributed by atoms with Crippen molar-refractivity contribution in [1.29, 1.82) is 0 Å². The highest BCUT2D eigenvalue weighted by Gasteiger charge is 2.18. The molecule has 0 unspecified atom stereocenters. The molecule has 0 spiro atoms. The van der Waals surface area contributed by atoms with E-state index in [-0.39, 0.29) is 5.91 Å². The van der Waals surface area contributed by atoms with Crippen LogP contribution in [0.3, 0.4) is 0 Å². The number of amides is 1. The van der Waals surface area contributed by atoms with Crippen molar-refractivity contribution >= 4 is 22.4 Å². The van der Waals surface area contributed by atoms with Gasteiger partial charge in [0.25, 0.3) is 5.91 Å². The van der Waals surface area contributed by atoms with Crippen LogP contribution in [0.15, 0.2) is 78.2 Å². The molecule has 1 amide bonds. The third-order valence-corrected chi connectivity index (χ3v) is 6.72. The fourth-order valence-corrected chi connectivity index (χ4v) is 4.83. The molecule has 5 rings (SSSR count). The number of nitrogens with zero attached hydrogens (tertiary/aromatic N) is 2. The van der Waals surface area contributed by atoms with Crippen LogP contribution in [0, 0.1) is 0 Å². The number of rotatable bonds is 6. The molecular weight excluding hydrogens is 430 g/mol. The molecule has 0 atom stereocenters. The number of ether oxygens (including phenoxy) is 1. The van der Waals surface area contributed by atoms with E-state index in [1.54, 1.807) is 7.11 Å². The van der Waals surface area contributed by atoms with E-state index >= 15 is 0 Å². The van der Waals surface area contributed by atoms with Gasteiger partial charge >= 0.3 is 0 Å². The molecular formula is C27H25N3O2S. The third kappa shape index (κ3) is 4.97. The fraction of sp³-hybridized carbons (Fsp3) is 0.185. The maximum atomic E-state index is 12.7. The third-order valence-electron chi connectivity index (χ3n) is 5.92. The van der Waals surface area contributed by atoms with Crippen molar-refractivity contribution in [3.05, 3.63) is 101 Å². The Morgan fingerprint density at radius 3 is 2.61 bits per heavy atom. The number of carbonyl (C=O) groups excluding carboxylic acids is 1. The highest BCUT2D eigenvalue weighted by Crippen LogP contribution is 2.26. The highest BCUT2D eigenvalue weighted by molar-refractivity contribution is 7.14. The Balaban J connectivity index is 1.19. The maximum absolute atomic E-state index is 12.7. The Bertz CT molecular complexity index is 1250. The standard InChI is InChI=1S/C27H25N3O2S/c1-32-25-12-11-23-16-30(14-13-22(23)15-25)17-24-18-33-27(28-24)29-26(31)21-9-7-20(8-10-21)19-5-3-2-4-6-19/h2-12,15,18H,13-14,16-17H2,1H3,(H,28,29,31). The SMILES string of the molecule is COc1ccc2c(c1)CCN(Cc1csc(NC(=O)c3ccc(-c4ccccc4)cc3)n1)C2. The van der Waals surface area contributed by atoms with Crippen LogP contribution in [0.4, 0.5) is 5.13 Å². The van der Waals surface area contributed by atoms with Crippen molar-refractivity contribution in [3.63, 3.8) is 0 Å². The summed E-state index contributed by atoms with van der Waals surface area (Å²) in [6.45, 7) is 2.64. The second-order valence-corrected chi connectivity index (χ2v) is 8.99. The summed E-state index contributed by atoms with van der Waals surface area (Å²) < 4.78 is 5.34. The Morgan fingerprint density at radius 2 is 1.82 bits per heavy atom. The molecule has 1 aromatic heterocycles. The molecule has 1 aliphatic rings. The zero-order chi connectivity index (χ0) is 22.6. The minimum atomic E-state index is -0.142. The van der Waals surface area contributed by atoms with Gasteiger partial charge in [0.15, 0.2) is 5.13 Å². The van der Waals surface area contributed by atoms with Crippen molar-refractivity contribution in [2.45, 2.75) is 19.5 Å². The lowest BCUT2D eigenvalue weighted by Crippen LogP contribution is -2.30. The van der Waals surface area contributed by atoms with E-state index in [0.29, 0.717) is 10.7 Å². The van der Waals surface area contributed by atoms with Gasteiger partial charge in [0.2, 0.25) is 0 Å². The molecule has 0 saturated heterocycles. The van der Waals surface area contributed by atoms with E-state index in [1.165, 1.54) is 22.5 Å². The summed E-state index contributed by atoms with van der Waals surface area (Å²) >= 11 is 1.47. The molecule has 0 radical (unpaired) electrons.